The quantitative estimate of drug-likeness (QED) is 0.584. The third-order valence-electron chi connectivity index (χ3n) is 1.57. The Hall–Kier alpha value is 0.145. The van der Waals surface area contributed by atoms with Crippen LogP contribution in [0.1, 0.15) is 19.3 Å². The Bertz CT molecular complexity index is 143. The van der Waals surface area contributed by atoms with Gasteiger partial charge in [-0.2, -0.15) is 0 Å². The van der Waals surface area contributed by atoms with E-state index in [9.17, 15) is 4.79 Å². The van der Waals surface area contributed by atoms with Crippen LogP contribution in [0.2, 0.25) is 0 Å². The van der Waals surface area contributed by atoms with Gasteiger partial charge in [-0.05, 0) is 19.3 Å². The van der Waals surface area contributed by atoms with Gasteiger partial charge in [0.15, 0.2) is 0 Å². The first-order valence-electron chi connectivity index (χ1n) is 3.20. The first-order valence-corrected chi connectivity index (χ1v) is 3.20. The monoisotopic (exact) mass is 328 g/mol. The Balaban J connectivity index is 0.000000810. The molecule has 1 aliphatic carbocycles. The Kier molecular flexibility index (Phi) is 4.96. The van der Waals surface area contributed by atoms with Crippen LogP contribution in [0.15, 0.2) is 12.2 Å². The maximum Gasteiger partial charge on any atom is 0.310 e. The fourth-order valence-electron chi connectivity index (χ4n) is 1.02. The van der Waals surface area contributed by atoms with Crippen molar-refractivity contribution in [2.75, 3.05) is 0 Å². The molecule has 1 rings (SSSR count). The molecule has 0 heterocycles. The standard InChI is InChI=1S/C7H10O2.Hg/c8-7(9)6-4-2-1-3-5-6;/h2,4,6H,1,3,5H2,(H,8,9);. The number of carboxylic acids is 1. The maximum absolute atomic E-state index is 10.3. The summed E-state index contributed by atoms with van der Waals surface area (Å²) in [6, 6.07) is 0. The third kappa shape index (κ3) is 2.82. The van der Waals surface area contributed by atoms with Crippen molar-refractivity contribution < 1.29 is 37.6 Å². The number of carboxylic acid groups (broad SMARTS) is 1. The summed E-state index contributed by atoms with van der Waals surface area (Å²) in [7, 11) is 0. The molecule has 0 spiro atoms. The van der Waals surface area contributed by atoms with Crippen molar-refractivity contribution in [2.45, 2.75) is 19.3 Å². The largest absolute Gasteiger partial charge is 0.481 e. The number of rotatable bonds is 1. The molecular weight excluding hydrogens is 317 g/mol. The second kappa shape index (κ2) is 4.88. The summed E-state index contributed by atoms with van der Waals surface area (Å²) in [5.41, 5.74) is 0. The molecule has 10 heavy (non-hydrogen) atoms. The van der Waals surface area contributed by atoms with E-state index in [1.165, 1.54) is 0 Å². The molecule has 0 saturated carbocycles. The molecule has 1 atom stereocenters. The van der Waals surface area contributed by atoms with E-state index in [1.54, 1.807) is 6.08 Å². The number of hydrogen-bond donors (Lipinski definition) is 1. The summed E-state index contributed by atoms with van der Waals surface area (Å²) in [6.45, 7) is 0. The molecule has 0 aromatic rings. The van der Waals surface area contributed by atoms with E-state index < -0.39 is 5.97 Å². The smallest absolute Gasteiger partial charge is 0.310 e. The molecule has 0 saturated heterocycles. The van der Waals surface area contributed by atoms with Crippen molar-refractivity contribution in [3.05, 3.63) is 12.2 Å². The van der Waals surface area contributed by atoms with Crippen molar-refractivity contribution >= 4 is 5.97 Å². The van der Waals surface area contributed by atoms with Gasteiger partial charge >= 0.3 is 5.97 Å². The van der Waals surface area contributed by atoms with Gasteiger partial charge in [0.1, 0.15) is 0 Å². The summed E-state index contributed by atoms with van der Waals surface area (Å²) in [6.07, 6.45) is 6.61. The topological polar surface area (TPSA) is 37.3 Å². The van der Waals surface area contributed by atoms with Gasteiger partial charge in [0.2, 0.25) is 0 Å². The van der Waals surface area contributed by atoms with E-state index in [0.29, 0.717) is 0 Å². The average molecular weight is 327 g/mol. The average Bonchev–Trinajstić information content (AvgIpc) is 1.90. The first-order chi connectivity index (χ1) is 4.30. The summed E-state index contributed by atoms with van der Waals surface area (Å²) < 4.78 is 0. The summed E-state index contributed by atoms with van der Waals surface area (Å²) in [5, 5.41) is 8.49. The molecule has 3 heteroatoms. The van der Waals surface area contributed by atoms with Crippen LogP contribution >= 0.6 is 0 Å². The fraction of sp³-hybridized carbons (Fsp3) is 0.571. The molecule has 1 aliphatic rings. The second-order valence-corrected chi connectivity index (χ2v) is 2.30. The normalized spacial score (nSPS) is 23.4. The van der Waals surface area contributed by atoms with E-state index in [1.807, 2.05) is 6.08 Å². The van der Waals surface area contributed by atoms with Gasteiger partial charge in [0.05, 0.1) is 5.92 Å². The van der Waals surface area contributed by atoms with Crippen molar-refractivity contribution in [1.82, 2.24) is 0 Å². The second-order valence-electron chi connectivity index (χ2n) is 2.30. The Labute approximate surface area is 80.8 Å². The predicted molar refractivity (Wildman–Crippen MR) is 34.1 cm³/mol. The number of allylic oxidation sites excluding steroid dienone is 1. The van der Waals surface area contributed by atoms with Crippen molar-refractivity contribution in [3.63, 3.8) is 0 Å². The van der Waals surface area contributed by atoms with Gasteiger partial charge < -0.3 is 5.11 Å². The van der Waals surface area contributed by atoms with Gasteiger partial charge in [-0.25, -0.2) is 0 Å². The molecule has 0 bridgehead atoms. The van der Waals surface area contributed by atoms with Gasteiger partial charge in [-0.3, -0.25) is 4.79 Å². The summed E-state index contributed by atoms with van der Waals surface area (Å²) in [5.74, 6) is -0.898. The summed E-state index contributed by atoms with van der Waals surface area (Å²) in [4.78, 5) is 10.3. The van der Waals surface area contributed by atoms with Gasteiger partial charge in [-0.15, -0.1) is 0 Å². The third-order valence-corrected chi connectivity index (χ3v) is 1.57. The Morgan fingerprint density at radius 1 is 1.60 bits per heavy atom. The van der Waals surface area contributed by atoms with Crippen LogP contribution in [-0.4, -0.2) is 11.1 Å². The zero-order valence-corrected chi connectivity index (χ0v) is 11.4. The SMILES string of the molecule is O=C(O)C1C=CCCC1.[Hg]. The molecule has 0 aromatic heterocycles. The van der Waals surface area contributed by atoms with Crippen LogP contribution in [-0.2, 0) is 32.5 Å². The Morgan fingerprint density at radius 3 is 2.60 bits per heavy atom. The van der Waals surface area contributed by atoms with Crippen LogP contribution in [0.5, 0.6) is 0 Å². The van der Waals surface area contributed by atoms with Gasteiger partial charge in [0, 0.05) is 27.7 Å². The molecule has 0 aromatic carbocycles. The van der Waals surface area contributed by atoms with Crippen LogP contribution in [0.25, 0.3) is 0 Å². The van der Waals surface area contributed by atoms with Crippen LogP contribution in [0.4, 0.5) is 0 Å². The molecule has 0 fully saturated rings. The van der Waals surface area contributed by atoms with Crippen molar-refractivity contribution in [1.29, 1.82) is 0 Å². The maximum atomic E-state index is 10.3. The molecule has 0 amide bonds. The number of aliphatic carboxylic acids is 1. The van der Waals surface area contributed by atoms with Crippen molar-refractivity contribution in [2.24, 2.45) is 5.92 Å². The van der Waals surface area contributed by atoms with E-state index in [4.69, 9.17) is 5.11 Å². The number of carbonyl (C=O) groups is 1. The van der Waals surface area contributed by atoms with Gasteiger partial charge in [-0.1, -0.05) is 12.2 Å². The van der Waals surface area contributed by atoms with Crippen LogP contribution in [0, 0.1) is 5.92 Å². The predicted octanol–water partition coefficient (Wildman–Crippen LogP) is 1.42. The molecule has 52 valence electrons. The zero-order chi connectivity index (χ0) is 6.69. The van der Waals surface area contributed by atoms with Gasteiger partial charge in [0.25, 0.3) is 0 Å². The minimum absolute atomic E-state index is 0. The molecule has 0 radical (unpaired) electrons. The van der Waals surface area contributed by atoms with Crippen LogP contribution in [0.3, 0.4) is 0 Å². The fourth-order valence-corrected chi connectivity index (χ4v) is 1.02. The van der Waals surface area contributed by atoms with Crippen LogP contribution < -0.4 is 0 Å². The van der Waals surface area contributed by atoms with E-state index in [-0.39, 0.29) is 33.6 Å². The number of hydrogen-bond acceptors (Lipinski definition) is 1. The van der Waals surface area contributed by atoms with Crippen molar-refractivity contribution in [3.8, 4) is 0 Å². The molecular formula is C7H10HgO2. The Morgan fingerprint density at radius 2 is 2.30 bits per heavy atom. The zero-order valence-electron chi connectivity index (χ0n) is 5.92. The van der Waals surface area contributed by atoms with E-state index in [2.05, 4.69) is 0 Å². The summed E-state index contributed by atoms with van der Waals surface area (Å²) >= 11 is 0. The molecule has 1 unspecified atom stereocenters. The molecule has 0 aliphatic heterocycles. The minimum atomic E-state index is -0.689. The van der Waals surface area contributed by atoms with E-state index >= 15 is 0 Å². The first kappa shape index (κ1) is 10.1. The van der Waals surface area contributed by atoms with E-state index in [0.717, 1.165) is 19.3 Å². The minimum Gasteiger partial charge on any atom is -0.481 e. The molecule has 1 N–H and O–H groups in total. The molecule has 2 nitrogen and oxygen atoms in total.